The maximum Gasteiger partial charge on any atom is 0.253 e. The van der Waals surface area contributed by atoms with Crippen molar-refractivity contribution in [2.75, 3.05) is 51.1 Å². The third-order valence-corrected chi connectivity index (χ3v) is 16.1. The Bertz CT molecular complexity index is 2750. The topological polar surface area (TPSA) is 137 Å². The van der Waals surface area contributed by atoms with Gasteiger partial charge < -0.3 is 40.2 Å². The lowest BCUT2D eigenvalue weighted by Gasteiger charge is -2.40. The average Bonchev–Trinajstić information content (AvgIpc) is 4.08. The van der Waals surface area contributed by atoms with Gasteiger partial charge in [0.25, 0.3) is 22.9 Å². The zero-order chi connectivity index (χ0) is 51.3. The van der Waals surface area contributed by atoms with Crippen LogP contribution in [0.1, 0.15) is 150 Å². The SMILES string of the molecule is CCc1c(C(=O)NCc2c(CC3CC3C#Cc3cc(C(=O)NCc4c(C)cc(C)[nH]c4=O)c(C)c(N(CC)C4CCC(N(C)C)CC4)c3)cc(C)[nH]c2=O)cc(Cl)cc1N(CC)C1CCC(N(C)C)CC1. The average molecular weight is 988 g/mol. The number of H-pyrrole nitrogens is 2. The fourth-order valence-corrected chi connectivity index (χ4v) is 11.9. The van der Waals surface area contributed by atoms with Crippen LogP contribution in [0.5, 0.6) is 0 Å². The molecule has 2 atom stereocenters. The monoisotopic (exact) mass is 987 g/mol. The van der Waals surface area contributed by atoms with Crippen molar-refractivity contribution in [3.63, 3.8) is 0 Å². The third kappa shape index (κ3) is 12.6. The molecule has 3 aliphatic rings. The summed E-state index contributed by atoms with van der Waals surface area (Å²) in [6.45, 7) is 15.9. The number of rotatable bonds is 17. The van der Waals surface area contributed by atoms with Gasteiger partial charge in [-0.25, -0.2) is 0 Å². The maximum absolute atomic E-state index is 14.2. The number of aromatic nitrogens is 2. The smallest absolute Gasteiger partial charge is 0.253 e. The molecule has 2 heterocycles. The van der Waals surface area contributed by atoms with E-state index in [1.54, 1.807) is 6.07 Å². The number of benzene rings is 2. The van der Waals surface area contributed by atoms with Gasteiger partial charge in [-0.2, -0.15) is 0 Å². The van der Waals surface area contributed by atoms with Gasteiger partial charge in [-0.05, 0) is 205 Å². The summed E-state index contributed by atoms with van der Waals surface area (Å²) in [7, 11) is 8.64. The number of aromatic amines is 2. The zero-order valence-corrected chi connectivity index (χ0v) is 45.1. The van der Waals surface area contributed by atoms with Crippen LogP contribution in [0.4, 0.5) is 11.4 Å². The van der Waals surface area contributed by atoms with Gasteiger partial charge in [-0.1, -0.05) is 30.4 Å². The first-order chi connectivity index (χ1) is 33.9. The number of pyridine rings is 2. The van der Waals surface area contributed by atoms with Crippen LogP contribution >= 0.6 is 11.6 Å². The summed E-state index contributed by atoms with van der Waals surface area (Å²) in [4.78, 5) is 70.2. The maximum atomic E-state index is 14.2. The standard InChI is InChI=1S/C58H79ClN8O4/c1-12-48-50(31-43(59)32-54(48)67(14-3)47-23-19-45(20-24-47)65(10)11)56(69)61-34-52-42(26-37(6)63-58(52)71)30-41-29-40(41)16-15-39-27-49(55(68)60-33-51-35(4)25-36(5)62-57(51)70)38(7)53(28-39)66(13-2)46-21-17-44(18-22-46)64(8)9/h25-28,31-32,40-41,44-47H,12-14,17-24,29-30,33-34H2,1-11H3,(H,60,68)(H,61,69)(H,62,70)(H,63,71). The second kappa shape index (κ2) is 23.5. The molecule has 382 valence electrons. The van der Waals surface area contributed by atoms with E-state index in [0.29, 0.717) is 64.3 Å². The Labute approximate surface area is 427 Å². The van der Waals surface area contributed by atoms with E-state index in [2.05, 4.69) is 107 Å². The van der Waals surface area contributed by atoms with Crippen molar-refractivity contribution in [2.45, 2.75) is 156 Å². The summed E-state index contributed by atoms with van der Waals surface area (Å²) >= 11 is 6.79. The van der Waals surface area contributed by atoms with Crippen molar-refractivity contribution in [2.24, 2.45) is 11.8 Å². The van der Waals surface area contributed by atoms with Crippen LogP contribution in [-0.4, -0.2) is 97.0 Å². The van der Waals surface area contributed by atoms with Crippen molar-refractivity contribution < 1.29 is 9.59 Å². The van der Waals surface area contributed by atoms with Gasteiger partial charge in [-0.15, -0.1) is 0 Å². The first-order valence-corrected chi connectivity index (χ1v) is 26.6. The molecule has 2 aromatic carbocycles. The highest BCUT2D eigenvalue weighted by atomic mass is 35.5. The van der Waals surface area contributed by atoms with Crippen LogP contribution in [0.25, 0.3) is 0 Å². The fraction of sp³-hybridized carbons (Fsp3) is 0.552. The van der Waals surface area contributed by atoms with Crippen molar-refractivity contribution in [3.8, 4) is 11.8 Å². The number of halogens is 1. The highest BCUT2D eigenvalue weighted by molar-refractivity contribution is 6.31. The van der Waals surface area contributed by atoms with Crippen LogP contribution in [0.3, 0.4) is 0 Å². The highest BCUT2D eigenvalue weighted by Gasteiger charge is 2.37. The molecule has 0 spiro atoms. The summed E-state index contributed by atoms with van der Waals surface area (Å²) in [5.41, 5.74) is 9.78. The molecule has 12 nitrogen and oxygen atoms in total. The molecule has 2 aromatic heterocycles. The molecule has 71 heavy (non-hydrogen) atoms. The minimum Gasteiger partial charge on any atom is -0.369 e. The van der Waals surface area contributed by atoms with Crippen molar-refractivity contribution in [1.29, 1.82) is 0 Å². The van der Waals surface area contributed by atoms with E-state index in [4.69, 9.17) is 11.6 Å². The number of nitrogens with zero attached hydrogens (tertiary/aromatic N) is 4. The third-order valence-electron chi connectivity index (χ3n) is 15.9. The number of hydrogen-bond acceptors (Lipinski definition) is 8. The molecule has 0 saturated heterocycles. The molecule has 4 N–H and O–H groups in total. The zero-order valence-electron chi connectivity index (χ0n) is 44.3. The second-order valence-electron chi connectivity index (χ2n) is 21.1. The number of carbonyl (C=O) groups is 2. The van der Waals surface area contributed by atoms with Crippen LogP contribution in [-0.2, 0) is 25.9 Å². The van der Waals surface area contributed by atoms with Crippen LogP contribution < -0.4 is 31.6 Å². The molecule has 0 bridgehead atoms. The van der Waals surface area contributed by atoms with Gasteiger partial charge in [0, 0.05) is 112 Å². The molecule has 2 unspecified atom stereocenters. The van der Waals surface area contributed by atoms with E-state index >= 15 is 0 Å². The van der Waals surface area contributed by atoms with E-state index in [-0.39, 0.29) is 47.9 Å². The largest absolute Gasteiger partial charge is 0.369 e. The summed E-state index contributed by atoms with van der Waals surface area (Å²) in [5.74, 6) is 6.89. The Balaban J connectivity index is 1.09. The molecular formula is C58H79ClN8O4. The van der Waals surface area contributed by atoms with Crippen LogP contribution in [0.2, 0.25) is 5.02 Å². The van der Waals surface area contributed by atoms with Gasteiger partial charge >= 0.3 is 0 Å². The first kappa shape index (κ1) is 53.4. The van der Waals surface area contributed by atoms with Crippen LogP contribution in [0, 0.1) is 51.4 Å². The first-order valence-electron chi connectivity index (χ1n) is 26.2. The van der Waals surface area contributed by atoms with Gasteiger partial charge in [0.1, 0.15) is 0 Å². The molecule has 7 rings (SSSR count). The van der Waals surface area contributed by atoms with E-state index in [9.17, 15) is 19.2 Å². The number of carbonyl (C=O) groups excluding carboxylic acids is 2. The van der Waals surface area contributed by atoms with Gasteiger partial charge in [0.05, 0.1) is 0 Å². The van der Waals surface area contributed by atoms with Crippen molar-refractivity contribution in [1.82, 2.24) is 30.4 Å². The molecule has 0 aliphatic heterocycles. The Hall–Kier alpha value is -5.35. The number of nitrogens with one attached hydrogen (secondary N) is 4. The number of aryl methyl sites for hydroxylation is 3. The highest BCUT2D eigenvalue weighted by Crippen LogP contribution is 2.41. The van der Waals surface area contributed by atoms with E-state index < -0.39 is 0 Å². The van der Waals surface area contributed by atoms with E-state index in [1.807, 2.05) is 52.0 Å². The molecule has 3 fully saturated rings. The lowest BCUT2D eigenvalue weighted by atomic mass is 9.88. The molecular weight excluding hydrogens is 908 g/mol. The molecule has 4 aromatic rings. The van der Waals surface area contributed by atoms with Crippen LogP contribution in [0.15, 0.2) is 46.0 Å². The minimum atomic E-state index is -0.244. The number of amides is 2. The number of hydrogen-bond donors (Lipinski definition) is 4. The lowest BCUT2D eigenvalue weighted by Crippen LogP contribution is -2.42. The molecule has 3 aliphatic carbocycles. The quantitative estimate of drug-likeness (QED) is 0.0771. The molecule has 0 radical (unpaired) electrons. The molecule has 13 heteroatoms. The summed E-state index contributed by atoms with van der Waals surface area (Å²) in [6.07, 6.45) is 11.0. The molecule has 2 amide bonds. The van der Waals surface area contributed by atoms with Crippen molar-refractivity contribution >= 4 is 34.8 Å². The predicted molar refractivity (Wildman–Crippen MR) is 290 cm³/mol. The summed E-state index contributed by atoms with van der Waals surface area (Å²) in [6, 6.07) is 13.6. The Morgan fingerprint density at radius 3 is 1.72 bits per heavy atom. The van der Waals surface area contributed by atoms with Gasteiger partial charge in [0.15, 0.2) is 0 Å². The Kier molecular flexibility index (Phi) is 17.7. The normalized spacial score (nSPS) is 20.9. The minimum absolute atomic E-state index is 0.0868. The Morgan fingerprint density at radius 1 is 0.648 bits per heavy atom. The lowest BCUT2D eigenvalue weighted by molar-refractivity contribution is 0.0941. The van der Waals surface area contributed by atoms with Gasteiger partial charge in [0.2, 0.25) is 0 Å². The Morgan fingerprint density at radius 2 is 1.17 bits per heavy atom. The summed E-state index contributed by atoms with van der Waals surface area (Å²) in [5, 5.41) is 6.70. The molecule has 3 saturated carbocycles. The number of anilines is 2. The van der Waals surface area contributed by atoms with Crippen molar-refractivity contribution in [3.05, 3.63) is 124 Å². The summed E-state index contributed by atoms with van der Waals surface area (Å²) < 4.78 is 0. The predicted octanol–water partition coefficient (Wildman–Crippen LogP) is 9.00. The van der Waals surface area contributed by atoms with E-state index in [0.717, 1.165) is 121 Å². The second-order valence-corrected chi connectivity index (χ2v) is 21.5. The fourth-order valence-electron chi connectivity index (χ4n) is 11.7. The van der Waals surface area contributed by atoms with Gasteiger partial charge in [-0.3, -0.25) is 19.2 Å². The van der Waals surface area contributed by atoms with E-state index in [1.165, 1.54) is 0 Å².